The quantitative estimate of drug-likeness (QED) is 0.372. The van der Waals surface area contributed by atoms with Crippen LogP contribution >= 0.6 is 11.6 Å². The molecule has 3 heterocycles. The third kappa shape index (κ3) is 4.36. The Morgan fingerprint density at radius 2 is 2.00 bits per heavy atom. The molecule has 0 fully saturated rings. The zero-order chi connectivity index (χ0) is 22.7. The van der Waals surface area contributed by atoms with Gasteiger partial charge in [-0.25, -0.2) is 19.3 Å². The second-order valence-electron chi connectivity index (χ2n) is 7.18. The molecule has 8 nitrogen and oxygen atoms in total. The molecule has 0 radical (unpaired) electrons. The van der Waals surface area contributed by atoms with Gasteiger partial charge in [-0.05, 0) is 36.2 Å². The molecule has 166 valence electrons. The molecule has 1 aromatic carbocycles. The van der Waals surface area contributed by atoms with E-state index >= 15 is 0 Å². The van der Waals surface area contributed by atoms with Crippen molar-refractivity contribution in [3.05, 3.63) is 65.3 Å². The number of nitrogens with one attached hydrogen (secondary N) is 1. The summed E-state index contributed by atoms with van der Waals surface area (Å²) in [6.45, 7) is -0.208. The van der Waals surface area contributed by atoms with Crippen LogP contribution < -0.4 is 10.1 Å². The van der Waals surface area contributed by atoms with Crippen LogP contribution in [-0.4, -0.2) is 49.9 Å². The number of hydrogen-bond donors (Lipinski definition) is 3. The van der Waals surface area contributed by atoms with Gasteiger partial charge in [0.15, 0.2) is 11.5 Å². The Kier molecular flexibility index (Phi) is 6.50. The highest BCUT2D eigenvalue weighted by molar-refractivity contribution is 6.32. The highest BCUT2D eigenvalue weighted by Crippen LogP contribution is 2.31. The van der Waals surface area contributed by atoms with Gasteiger partial charge in [0.1, 0.15) is 11.4 Å². The van der Waals surface area contributed by atoms with E-state index in [9.17, 15) is 14.6 Å². The van der Waals surface area contributed by atoms with Gasteiger partial charge in [-0.15, -0.1) is 0 Å². The molecule has 3 N–H and O–H groups in total. The topological polar surface area (TPSA) is 105 Å². The Morgan fingerprint density at radius 1 is 1.19 bits per heavy atom. The zero-order valence-electron chi connectivity index (χ0n) is 17.2. The third-order valence-corrected chi connectivity index (χ3v) is 5.30. The zero-order valence-corrected chi connectivity index (χ0v) is 17.9. The van der Waals surface area contributed by atoms with Crippen LogP contribution in [0.1, 0.15) is 5.56 Å². The fourth-order valence-electron chi connectivity index (χ4n) is 3.37. The summed E-state index contributed by atoms with van der Waals surface area (Å²) in [5, 5.41) is 22.0. The van der Waals surface area contributed by atoms with Crippen molar-refractivity contribution in [1.29, 1.82) is 0 Å². The lowest BCUT2D eigenvalue weighted by molar-refractivity contribution is 0.150. The first-order valence-corrected chi connectivity index (χ1v) is 10.2. The Hall–Kier alpha value is -3.27. The van der Waals surface area contributed by atoms with Crippen LogP contribution in [0.4, 0.5) is 16.0 Å². The molecule has 3 aromatic heterocycles. The summed E-state index contributed by atoms with van der Waals surface area (Å²) in [4.78, 5) is 12.9. The van der Waals surface area contributed by atoms with Gasteiger partial charge in [0.25, 0.3) is 0 Å². The van der Waals surface area contributed by atoms with Gasteiger partial charge in [0.05, 0.1) is 35.9 Å². The summed E-state index contributed by atoms with van der Waals surface area (Å²) >= 11 is 6.33. The maximum atomic E-state index is 14.0. The molecule has 10 heteroatoms. The normalized spacial score (nSPS) is 11.3. The molecule has 0 aliphatic heterocycles. The number of rotatable bonds is 8. The minimum absolute atomic E-state index is 0.104. The van der Waals surface area contributed by atoms with Crippen LogP contribution in [-0.2, 0) is 6.42 Å². The maximum absolute atomic E-state index is 14.0. The molecule has 4 aromatic rings. The van der Waals surface area contributed by atoms with Crippen molar-refractivity contribution in [2.75, 3.05) is 25.6 Å². The minimum atomic E-state index is -0.447. The Labute approximate surface area is 188 Å². The number of aliphatic hydroxyl groups is 2. The fourth-order valence-corrected chi connectivity index (χ4v) is 3.55. The second kappa shape index (κ2) is 9.47. The van der Waals surface area contributed by atoms with E-state index in [4.69, 9.17) is 16.3 Å². The third-order valence-electron chi connectivity index (χ3n) is 5.03. The first-order chi connectivity index (χ1) is 15.5. The van der Waals surface area contributed by atoms with E-state index in [1.807, 2.05) is 12.1 Å². The van der Waals surface area contributed by atoms with E-state index < -0.39 is 5.82 Å². The summed E-state index contributed by atoms with van der Waals surface area (Å²) in [7, 11) is 1.54. The summed E-state index contributed by atoms with van der Waals surface area (Å²) in [6, 6.07) is 8.41. The second-order valence-corrected chi connectivity index (χ2v) is 7.59. The Bertz CT molecular complexity index is 1250. The maximum Gasteiger partial charge on any atom is 0.227 e. The van der Waals surface area contributed by atoms with Crippen LogP contribution in [0, 0.1) is 11.7 Å². The molecule has 0 amide bonds. The lowest BCUT2D eigenvalue weighted by Gasteiger charge is -2.15. The number of ether oxygens (including phenoxy) is 1. The number of imidazole rings is 1. The molecule has 0 unspecified atom stereocenters. The molecule has 32 heavy (non-hydrogen) atoms. The van der Waals surface area contributed by atoms with Gasteiger partial charge < -0.3 is 20.3 Å². The number of aliphatic hydroxyl groups excluding tert-OH is 2. The van der Waals surface area contributed by atoms with E-state index in [2.05, 4.69) is 20.3 Å². The number of anilines is 2. The fraction of sp³-hybridized carbons (Fsp3) is 0.227. The number of aromatic nitrogens is 4. The molecule has 0 saturated heterocycles. The molecule has 0 saturated carbocycles. The lowest BCUT2D eigenvalue weighted by Crippen LogP contribution is -2.14. The highest BCUT2D eigenvalue weighted by Gasteiger charge is 2.16. The molecule has 0 aliphatic carbocycles. The van der Waals surface area contributed by atoms with Gasteiger partial charge in [-0.2, -0.15) is 0 Å². The monoisotopic (exact) mass is 457 g/mol. The number of nitrogens with zero attached hydrogens (tertiary/aromatic N) is 4. The minimum Gasteiger partial charge on any atom is -0.495 e. The van der Waals surface area contributed by atoms with E-state index in [-0.39, 0.29) is 30.7 Å². The smallest absolute Gasteiger partial charge is 0.227 e. The summed E-state index contributed by atoms with van der Waals surface area (Å²) in [6.07, 6.45) is 5.15. The van der Waals surface area contributed by atoms with Gasteiger partial charge in [-0.1, -0.05) is 17.7 Å². The Morgan fingerprint density at radius 3 is 2.75 bits per heavy atom. The van der Waals surface area contributed by atoms with Crippen LogP contribution in [0.5, 0.6) is 5.75 Å². The van der Waals surface area contributed by atoms with Crippen molar-refractivity contribution in [1.82, 2.24) is 19.4 Å². The molecular weight excluding hydrogens is 437 g/mol. The summed E-state index contributed by atoms with van der Waals surface area (Å²) in [5.74, 6) is 0.132. The molecular formula is C22H21ClFN5O3. The van der Waals surface area contributed by atoms with Crippen LogP contribution in [0.15, 0.2) is 48.9 Å². The largest absolute Gasteiger partial charge is 0.495 e. The average Bonchev–Trinajstić information content (AvgIpc) is 3.24. The number of pyridine rings is 1. The first-order valence-electron chi connectivity index (χ1n) is 9.84. The summed E-state index contributed by atoms with van der Waals surface area (Å²) in [5.41, 5.74) is 2.63. The van der Waals surface area contributed by atoms with Gasteiger partial charge in [-0.3, -0.25) is 4.40 Å². The van der Waals surface area contributed by atoms with Gasteiger partial charge in [0, 0.05) is 25.3 Å². The molecule has 0 bridgehead atoms. The highest BCUT2D eigenvalue weighted by atomic mass is 35.5. The predicted octanol–water partition coefficient (Wildman–Crippen LogP) is 3.48. The molecule has 0 aliphatic rings. The van der Waals surface area contributed by atoms with Crippen LogP contribution in [0.3, 0.4) is 0 Å². The van der Waals surface area contributed by atoms with Crippen molar-refractivity contribution in [3.8, 4) is 17.1 Å². The summed E-state index contributed by atoms with van der Waals surface area (Å²) < 4.78 is 21.1. The van der Waals surface area contributed by atoms with Crippen molar-refractivity contribution in [2.45, 2.75) is 6.42 Å². The van der Waals surface area contributed by atoms with Crippen molar-refractivity contribution in [3.63, 3.8) is 0 Å². The van der Waals surface area contributed by atoms with E-state index in [0.717, 1.165) is 5.56 Å². The van der Waals surface area contributed by atoms with Gasteiger partial charge >= 0.3 is 0 Å². The van der Waals surface area contributed by atoms with Crippen molar-refractivity contribution < 1.29 is 19.3 Å². The van der Waals surface area contributed by atoms with E-state index in [0.29, 0.717) is 34.3 Å². The average molecular weight is 458 g/mol. The Balaban J connectivity index is 1.65. The lowest BCUT2D eigenvalue weighted by atomic mass is 10.0. The standard InChI is InChI=1S/C22H21ClFN5O3/c1-32-19-8-13(7-14(11-30)12-31)4-5-17(19)27-22-26-9-15(23)20(28-22)18-10-25-21-16(24)3-2-6-29(18)21/h2-6,8-10,14,30-31H,7,11-12H2,1H3,(H,26,27,28). The molecule has 0 spiro atoms. The number of benzene rings is 1. The number of methoxy groups -OCH3 is 1. The predicted molar refractivity (Wildman–Crippen MR) is 119 cm³/mol. The number of fused-ring (bicyclic) bond motifs is 1. The van der Waals surface area contributed by atoms with Gasteiger partial charge in [0.2, 0.25) is 5.95 Å². The molecule has 0 atom stereocenters. The van der Waals surface area contributed by atoms with Crippen molar-refractivity contribution in [2.24, 2.45) is 5.92 Å². The molecule has 4 rings (SSSR count). The number of hydrogen-bond acceptors (Lipinski definition) is 7. The van der Waals surface area contributed by atoms with Crippen molar-refractivity contribution >= 4 is 28.9 Å². The first kappa shape index (κ1) is 21.9. The van der Waals surface area contributed by atoms with E-state index in [1.165, 1.54) is 18.5 Å². The SMILES string of the molecule is COc1cc(CC(CO)CO)ccc1Nc1ncc(Cl)c(-c2cnc3c(F)cccn23)n1. The van der Waals surface area contributed by atoms with E-state index in [1.54, 1.807) is 29.8 Å². The van der Waals surface area contributed by atoms with Crippen LogP contribution in [0.25, 0.3) is 17.0 Å². The number of halogens is 2. The van der Waals surface area contributed by atoms with Crippen LogP contribution in [0.2, 0.25) is 5.02 Å².